The fraction of sp³-hybridized carbons (Fsp3) is 0.907. The SMILES string of the molecule is CCNCCCCCCNC(=O)C12CCC3C(=CCC4C3(C)CCC3C4(C)CCC(CC(OC(C(=O)O)C(C)O)C(O)O)[C@@]3(C)O)C1CC(C)(C)CC2. The van der Waals surface area contributed by atoms with E-state index in [0.29, 0.717) is 18.3 Å². The first-order chi connectivity index (χ1) is 24.8. The van der Waals surface area contributed by atoms with Gasteiger partial charge in [0.1, 0.15) is 6.10 Å². The lowest BCUT2D eigenvalue weighted by atomic mass is 9.37. The molecule has 4 saturated carbocycles. The molecule has 10 heteroatoms. The first-order valence-electron chi connectivity index (χ1n) is 21.2. The highest BCUT2D eigenvalue weighted by Gasteiger charge is 2.66. The number of hydrogen-bond acceptors (Lipinski definition) is 8. The van der Waals surface area contributed by atoms with E-state index in [1.807, 2.05) is 6.92 Å². The number of fused-ring (bicyclic) bond motifs is 7. The van der Waals surface area contributed by atoms with E-state index in [1.165, 1.54) is 25.3 Å². The molecule has 7 N–H and O–H groups in total. The number of amides is 1. The number of rotatable bonds is 16. The number of carbonyl (C=O) groups excluding carboxylic acids is 1. The highest BCUT2D eigenvalue weighted by atomic mass is 16.6. The van der Waals surface area contributed by atoms with Gasteiger partial charge in [-0.1, -0.05) is 59.1 Å². The number of ether oxygens (including phenoxy) is 1. The molecule has 4 fully saturated rings. The van der Waals surface area contributed by atoms with Gasteiger partial charge in [0.2, 0.25) is 5.91 Å². The van der Waals surface area contributed by atoms with Crippen LogP contribution >= 0.6 is 0 Å². The second kappa shape index (κ2) is 16.5. The monoisotopic (exact) mass is 747 g/mol. The fourth-order valence-corrected chi connectivity index (χ4v) is 12.8. The summed E-state index contributed by atoms with van der Waals surface area (Å²) in [5.41, 5.74) is 0.166. The molecule has 0 aromatic heterocycles. The minimum Gasteiger partial charge on any atom is -0.479 e. The number of allylic oxidation sites excluding steroid dienone is 2. The van der Waals surface area contributed by atoms with E-state index in [9.17, 15) is 35.1 Å². The van der Waals surface area contributed by atoms with Gasteiger partial charge in [-0.25, -0.2) is 4.79 Å². The number of carboxylic acids is 1. The molecular weight excluding hydrogens is 672 g/mol. The van der Waals surface area contributed by atoms with Crippen molar-refractivity contribution in [3.63, 3.8) is 0 Å². The lowest BCUT2D eigenvalue weighted by Crippen LogP contribution is -2.64. The molecule has 304 valence electrons. The Kier molecular flexibility index (Phi) is 13.3. The topological polar surface area (TPSA) is 169 Å². The van der Waals surface area contributed by atoms with Gasteiger partial charge >= 0.3 is 5.97 Å². The number of hydrogen-bond donors (Lipinski definition) is 7. The normalized spacial score (nSPS) is 39.4. The summed E-state index contributed by atoms with van der Waals surface area (Å²) in [6.07, 6.45) is 10.3. The average molecular weight is 747 g/mol. The summed E-state index contributed by atoms with van der Waals surface area (Å²) >= 11 is 0. The van der Waals surface area contributed by atoms with Crippen LogP contribution in [0.3, 0.4) is 0 Å². The van der Waals surface area contributed by atoms with Crippen LogP contribution in [0.4, 0.5) is 0 Å². The van der Waals surface area contributed by atoms with E-state index < -0.39 is 36.2 Å². The van der Waals surface area contributed by atoms with Gasteiger partial charge < -0.3 is 40.9 Å². The number of aliphatic hydroxyl groups is 4. The molecule has 12 atom stereocenters. The van der Waals surface area contributed by atoms with Crippen LogP contribution in [0, 0.1) is 51.2 Å². The molecule has 0 heterocycles. The molecule has 0 aliphatic heterocycles. The van der Waals surface area contributed by atoms with Crippen LogP contribution in [0.5, 0.6) is 0 Å². The molecule has 0 spiro atoms. The van der Waals surface area contributed by atoms with Crippen LogP contribution in [0.25, 0.3) is 0 Å². The van der Waals surface area contributed by atoms with E-state index in [-0.39, 0.29) is 51.7 Å². The van der Waals surface area contributed by atoms with Gasteiger partial charge in [0, 0.05) is 6.54 Å². The first kappa shape index (κ1) is 42.6. The fourth-order valence-electron chi connectivity index (χ4n) is 12.8. The van der Waals surface area contributed by atoms with Crippen LogP contribution < -0.4 is 10.6 Å². The summed E-state index contributed by atoms with van der Waals surface area (Å²) in [7, 11) is 0. The number of aliphatic hydroxyl groups excluding tert-OH is 2. The van der Waals surface area contributed by atoms with Gasteiger partial charge in [-0.05, 0) is 156 Å². The molecule has 5 aliphatic carbocycles. The molecule has 0 aromatic rings. The third kappa shape index (κ3) is 8.30. The van der Waals surface area contributed by atoms with Crippen molar-refractivity contribution in [1.82, 2.24) is 10.6 Å². The largest absolute Gasteiger partial charge is 0.479 e. The Morgan fingerprint density at radius 3 is 2.19 bits per heavy atom. The minimum absolute atomic E-state index is 0.0183. The third-order valence-electron chi connectivity index (χ3n) is 15.8. The highest BCUT2D eigenvalue weighted by molar-refractivity contribution is 5.84. The molecule has 0 aromatic carbocycles. The molecule has 10 nitrogen and oxygen atoms in total. The van der Waals surface area contributed by atoms with E-state index in [0.717, 1.165) is 90.3 Å². The highest BCUT2D eigenvalue weighted by Crippen LogP contribution is 2.71. The van der Waals surface area contributed by atoms with Crippen molar-refractivity contribution in [3.8, 4) is 0 Å². The number of carboxylic acid groups (broad SMARTS) is 1. The van der Waals surface area contributed by atoms with Crippen molar-refractivity contribution in [2.75, 3.05) is 19.6 Å². The molecule has 1 amide bonds. The lowest BCUT2D eigenvalue weighted by molar-refractivity contribution is -0.228. The summed E-state index contributed by atoms with van der Waals surface area (Å²) in [4.78, 5) is 26.1. The zero-order valence-corrected chi connectivity index (χ0v) is 34.0. The van der Waals surface area contributed by atoms with Crippen LogP contribution in [0.2, 0.25) is 0 Å². The molecule has 0 saturated heterocycles. The maximum absolute atomic E-state index is 14.3. The van der Waals surface area contributed by atoms with Crippen molar-refractivity contribution >= 4 is 11.9 Å². The van der Waals surface area contributed by atoms with Gasteiger partial charge in [-0.3, -0.25) is 4.79 Å². The van der Waals surface area contributed by atoms with Gasteiger partial charge in [0.15, 0.2) is 12.4 Å². The van der Waals surface area contributed by atoms with Crippen molar-refractivity contribution in [3.05, 3.63) is 11.6 Å². The van der Waals surface area contributed by atoms with Crippen LogP contribution in [-0.4, -0.2) is 87.2 Å². The Labute approximate surface area is 319 Å². The molecular formula is C43H74N2O8. The molecule has 53 heavy (non-hydrogen) atoms. The Balaban J connectivity index is 1.33. The van der Waals surface area contributed by atoms with E-state index >= 15 is 0 Å². The number of carbonyl (C=O) groups is 2. The van der Waals surface area contributed by atoms with Crippen molar-refractivity contribution < 1.29 is 39.9 Å². The standard InChI is InChI=1S/C43H74N2O8/c1-8-44-23-11-9-10-12-24-45-38(51)43-20-16-30-29(31(43)26-39(3,4)21-22-43)13-14-33-40(30,5)19-17-34-41(33,6)18-15-28(42(34,7)52)25-32(36(47)48)53-35(27(2)46)37(49)50/h13,27-28,30-36,44,46-48,52H,8-12,14-26H2,1-7H3,(H,45,51)(H,49,50)/t27?,28?,30?,31?,32?,33?,34?,35?,40?,41?,42-,43?/m1/s1. The quantitative estimate of drug-likeness (QED) is 0.0574. The molecule has 0 bridgehead atoms. The average Bonchev–Trinajstić information content (AvgIpc) is 3.07. The Bertz CT molecular complexity index is 1310. The van der Waals surface area contributed by atoms with Crippen LogP contribution in [-0.2, 0) is 14.3 Å². The molecule has 0 radical (unpaired) electrons. The van der Waals surface area contributed by atoms with E-state index in [1.54, 1.807) is 0 Å². The van der Waals surface area contributed by atoms with Gasteiger partial charge in [-0.2, -0.15) is 0 Å². The van der Waals surface area contributed by atoms with Gasteiger partial charge in [-0.15, -0.1) is 0 Å². The Hall–Kier alpha value is -1.56. The van der Waals surface area contributed by atoms with Crippen LogP contribution in [0.15, 0.2) is 11.6 Å². The van der Waals surface area contributed by atoms with E-state index in [2.05, 4.69) is 51.3 Å². The second-order valence-electron chi connectivity index (χ2n) is 19.6. The van der Waals surface area contributed by atoms with Crippen LogP contribution in [0.1, 0.15) is 145 Å². The zero-order valence-electron chi connectivity index (χ0n) is 34.0. The molecule has 5 rings (SSSR count). The first-order valence-corrected chi connectivity index (χ1v) is 21.2. The summed E-state index contributed by atoms with van der Waals surface area (Å²) in [5, 5.41) is 59.2. The summed E-state index contributed by atoms with van der Waals surface area (Å²) < 4.78 is 5.59. The van der Waals surface area contributed by atoms with Gasteiger partial charge in [0.25, 0.3) is 0 Å². The number of aliphatic carboxylic acids is 1. The molecule has 5 aliphatic rings. The number of nitrogens with one attached hydrogen (secondary N) is 2. The van der Waals surface area contributed by atoms with Crippen molar-refractivity contribution in [2.45, 2.75) is 175 Å². The van der Waals surface area contributed by atoms with Gasteiger partial charge in [0.05, 0.1) is 17.1 Å². The Morgan fingerprint density at radius 2 is 1.55 bits per heavy atom. The predicted octanol–water partition coefficient (Wildman–Crippen LogP) is 5.95. The predicted molar refractivity (Wildman–Crippen MR) is 206 cm³/mol. The number of unbranched alkanes of at least 4 members (excludes halogenated alkanes) is 3. The Morgan fingerprint density at radius 1 is 0.868 bits per heavy atom. The summed E-state index contributed by atoms with van der Waals surface area (Å²) in [6.45, 7) is 17.8. The third-order valence-corrected chi connectivity index (χ3v) is 15.8. The summed E-state index contributed by atoms with van der Waals surface area (Å²) in [6, 6.07) is 0. The summed E-state index contributed by atoms with van der Waals surface area (Å²) in [5.74, 6) is -0.409. The minimum atomic E-state index is -1.94. The lowest BCUT2D eigenvalue weighted by Gasteiger charge is -2.68. The maximum atomic E-state index is 14.3. The molecule has 11 unspecified atom stereocenters. The second-order valence-corrected chi connectivity index (χ2v) is 19.6. The van der Waals surface area contributed by atoms with Crippen molar-refractivity contribution in [2.24, 2.45) is 51.2 Å². The van der Waals surface area contributed by atoms with E-state index in [4.69, 9.17) is 4.74 Å². The maximum Gasteiger partial charge on any atom is 0.335 e. The van der Waals surface area contributed by atoms with Crippen molar-refractivity contribution in [1.29, 1.82) is 0 Å². The smallest absolute Gasteiger partial charge is 0.335 e. The zero-order chi connectivity index (χ0) is 39.0.